The van der Waals surface area contributed by atoms with Crippen molar-refractivity contribution in [2.75, 3.05) is 7.05 Å². The first kappa shape index (κ1) is 13.5. The quantitative estimate of drug-likeness (QED) is 0.935. The molecule has 0 fully saturated rings. The molecule has 1 aromatic carbocycles. The SMILES string of the molecule is CN(Cc1ncc[nH]1)C(=O)Cc1c(F)cccc1Cl. The smallest absolute Gasteiger partial charge is 0.227 e. The average Bonchev–Trinajstić information content (AvgIpc) is 2.86. The van der Waals surface area contributed by atoms with Crippen LogP contribution < -0.4 is 0 Å². The van der Waals surface area contributed by atoms with E-state index in [1.807, 2.05) is 0 Å². The van der Waals surface area contributed by atoms with Crippen molar-refractivity contribution in [3.8, 4) is 0 Å². The predicted molar refractivity (Wildman–Crippen MR) is 70.2 cm³/mol. The van der Waals surface area contributed by atoms with Gasteiger partial charge in [-0.2, -0.15) is 0 Å². The molecule has 2 aromatic rings. The Labute approximate surface area is 115 Å². The molecule has 1 aromatic heterocycles. The summed E-state index contributed by atoms with van der Waals surface area (Å²) in [6.45, 7) is 0.345. The Morgan fingerprint density at radius 2 is 2.32 bits per heavy atom. The summed E-state index contributed by atoms with van der Waals surface area (Å²) in [4.78, 5) is 20.4. The highest BCUT2D eigenvalue weighted by molar-refractivity contribution is 6.31. The Balaban J connectivity index is 2.04. The molecule has 0 saturated heterocycles. The maximum Gasteiger partial charge on any atom is 0.227 e. The van der Waals surface area contributed by atoms with Crippen LogP contribution in [-0.2, 0) is 17.8 Å². The van der Waals surface area contributed by atoms with Gasteiger partial charge in [-0.05, 0) is 12.1 Å². The lowest BCUT2D eigenvalue weighted by Crippen LogP contribution is -2.28. The van der Waals surface area contributed by atoms with Gasteiger partial charge in [0, 0.05) is 30.0 Å². The number of hydrogen-bond acceptors (Lipinski definition) is 2. The highest BCUT2D eigenvalue weighted by Gasteiger charge is 2.15. The third kappa shape index (κ3) is 3.32. The number of hydrogen-bond donors (Lipinski definition) is 1. The summed E-state index contributed by atoms with van der Waals surface area (Å²) >= 11 is 5.89. The molecule has 1 amide bonds. The van der Waals surface area contributed by atoms with Crippen molar-refractivity contribution >= 4 is 17.5 Å². The van der Waals surface area contributed by atoms with Crippen LogP contribution in [0.4, 0.5) is 4.39 Å². The third-order valence-electron chi connectivity index (χ3n) is 2.76. The maximum atomic E-state index is 13.6. The van der Waals surface area contributed by atoms with Gasteiger partial charge in [0.15, 0.2) is 0 Å². The average molecular weight is 282 g/mol. The van der Waals surface area contributed by atoms with Crippen LogP contribution in [0.1, 0.15) is 11.4 Å². The van der Waals surface area contributed by atoms with E-state index < -0.39 is 5.82 Å². The molecule has 6 heteroatoms. The maximum absolute atomic E-state index is 13.6. The summed E-state index contributed by atoms with van der Waals surface area (Å²) in [6, 6.07) is 4.37. The van der Waals surface area contributed by atoms with Gasteiger partial charge in [-0.3, -0.25) is 4.79 Å². The van der Waals surface area contributed by atoms with Crippen molar-refractivity contribution in [2.24, 2.45) is 0 Å². The standard InChI is InChI=1S/C13H13ClFN3O/c1-18(8-12-16-5-6-17-12)13(19)7-9-10(14)3-2-4-11(9)15/h2-6H,7-8H2,1H3,(H,16,17). The summed E-state index contributed by atoms with van der Waals surface area (Å²) in [7, 11) is 1.64. The first-order chi connectivity index (χ1) is 9.08. The topological polar surface area (TPSA) is 49.0 Å². The van der Waals surface area contributed by atoms with E-state index in [0.29, 0.717) is 12.4 Å². The van der Waals surface area contributed by atoms with Crippen molar-refractivity contribution in [2.45, 2.75) is 13.0 Å². The Kier molecular flexibility index (Phi) is 4.16. The summed E-state index contributed by atoms with van der Waals surface area (Å²) in [5.41, 5.74) is 0.223. The molecule has 0 bridgehead atoms. The Morgan fingerprint density at radius 3 is 2.95 bits per heavy atom. The van der Waals surface area contributed by atoms with Crippen LogP contribution >= 0.6 is 11.6 Å². The van der Waals surface area contributed by atoms with E-state index >= 15 is 0 Å². The molecule has 0 radical (unpaired) electrons. The molecule has 2 rings (SSSR count). The number of likely N-dealkylation sites (N-methyl/N-ethyl adjacent to an activating group) is 1. The monoisotopic (exact) mass is 281 g/mol. The minimum absolute atomic E-state index is 0.0668. The van der Waals surface area contributed by atoms with Gasteiger partial charge in [0.2, 0.25) is 5.91 Å². The van der Waals surface area contributed by atoms with E-state index in [1.165, 1.54) is 17.0 Å². The molecule has 1 N–H and O–H groups in total. The van der Waals surface area contributed by atoms with Crippen LogP contribution in [-0.4, -0.2) is 27.8 Å². The number of imidazole rings is 1. The van der Waals surface area contributed by atoms with Gasteiger partial charge in [-0.15, -0.1) is 0 Å². The van der Waals surface area contributed by atoms with Crippen molar-refractivity contribution < 1.29 is 9.18 Å². The molecule has 19 heavy (non-hydrogen) atoms. The predicted octanol–water partition coefficient (Wildman–Crippen LogP) is 2.40. The Bertz CT molecular complexity index is 551. The van der Waals surface area contributed by atoms with Crippen LogP contribution in [0.25, 0.3) is 0 Å². The molecular formula is C13H13ClFN3O. The van der Waals surface area contributed by atoms with Gasteiger partial charge in [-0.25, -0.2) is 9.37 Å². The number of H-pyrrole nitrogens is 1. The molecule has 4 nitrogen and oxygen atoms in total. The molecule has 0 spiro atoms. The molecule has 0 aliphatic rings. The van der Waals surface area contributed by atoms with Crippen molar-refractivity contribution in [3.05, 3.63) is 52.8 Å². The molecule has 0 saturated carbocycles. The molecule has 0 aliphatic heterocycles. The van der Waals surface area contributed by atoms with Crippen LogP contribution in [0.2, 0.25) is 5.02 Å². The second-order valence-corrected chi connectivity index (χ2v) is 4.57. The summed E-state index contributed by atoms with van der Waals surface area (Å²) in [5, 5.41) is 0.264. The van der Waals surface area contributed by atoms with Crippen LogP contribution in [0.3, 0.4) is 0 Å². The van der Waals surface area contributed by atoms with E-state index in [9.17, 15) is 9.18 Å². The van der Waals surface area contributed by atoms with Crippen LogP contribution in [0.5, 0.6) is 0 Å². The molecule has 0 aliphatic carbocycles. The zero-order valence-electron chi connectivity index (χ0n) is 10.4. The lowest BCUT2D eigenvalue weighted by atomic mass is 10.1. The highest BCUT2D eigenvalue weighted by atomic mass is 35.5. The van der Waals surface area contributed by atoms with Crippen LogP contribution in [0, 0.1) is 5.82 Å². The number of halogens is 2. The lowest BCUT2D eigenvalue weighted by molar-refractivity contribution is -0.129. The number of nitrogens with one attached hydrogen (secondary N) is 1. The van der Waals surface area contributed by atoms with E-state index in [4.69, 9.17) is 11.6 Å². The second-order valence-electron chi connectivity index (χ2n) is 4.16. The molecular weight excluding hydrogens is 269 g/mol. The number of aromatic amines is 1. The van der Waals surface area contributed by atoms with Crippen molar-refractivity contribution in [1.82, 2.24) is 14.9 Å². The zero-order chi connectivity index (χ0) is 13.8. The van der Waals surface area contributed by atoms with Crippen LogP contribution in [0.15, 0.2) is 30.6 Å². The lowest BCUT2D eigenvalue weighted by Gasteiger charge is -2.16. The van der Waals surface area contributed by atoms with E-state index in [1.54, 1.807) is 25.5 Å². The summed E-state index contributed by atoms with van der Waals surface area (Å²) < 4.78 is 13.6. The number of nitrogens with zero attached hydrogens (tertiary/aromatic N) is 2. The van der Waals surface area contributed by atoms with Gasteiger partial charge in [0.05, 0.1) is 13.0 Å². The van der Waals surface area contributed by atoms with Gasteiger partial charge in [0.1, 0.15) is 11.6 Å². The minimum Gasteiger partial charge on any atom is -0.347 e. The molecule has 1 heterocycles. The van der Waals surface area contributed by atoms with Crippen molar-refractivity contribution in [3.63, 3.8) is 0 Å². The van der Waals surface area contributed by atoms with E-state index in [2.05, 4.69) is 9.97 Å². The second kappa shape index (κ2) is 5.84. The van der Waals surface area contributed by atoms with Gasteiger partial charge < -0.3 is 9.88 Å². The zero-order valence-corrected chi connectivity index (χ0v) is 11.1. The fourth-order valence-electron chi connectivity index (χ4n) is 1.68. The largest absolute Gasteiger partial charge is 0.347 e. The number of rotatable bonds is 4. The van der Waals surface area contributed by atoms with Gasteiger partial charge in [-0.1, -0.05) is 17.7 Å². The first-order valence-electron chi connectivity index (χ1n) is 5.73. The molecule has 100 valence electrons. The van der Waals surface area contributed by atoms with E-state index in [-0.39, 0.29) is 22.9 Å². The normalized spacial score (nSPS) is 10.5. The van der Waals surface area contributed by atoms with Gasteiger partial charge in [0.25, 0.3) is 0 Å². The fraction of sp³-hybridized carbons (Fsp3) is 0.231. The number of aromatic nitrogens is 2. The van der Waals surface area contributed by atoms with E-state index in [0.717, 1.165) is 0 Å². The molecule has 0 unspecified atom stereocenters. The summed E-state index contributed by atoms with van der Waals surface area (Å²) in [6.07, 6.45) is 3.23. The first-order valence-corrected chi connectivity index (χ1v) is 6.11. The van der Waals surface area contributed by atoms with Gasteiger partial charge >= 0.3 is 0 Å². The number of amides is 1. The number of benzene rings is 1. The Morgan fingerprint density at radius 1 is 1.53 bits per heavy atom. The third-order valence-corrected chi connectivity index (χ3v) is 3.11. The number of carbonyl (C=O) groups is 1. The highest BCUT2D eigenvalue weighted by Crippen LogP contribution is 2.20. The fourth-order valence-corrected chi connectivity index (χ4v) is 1.91. The number of carbonyl (C=O) groups excluding carboxylic acids is 1. The van der Waals surface area contributed by atoms with Crippen molar-refractivity contribution in [1.29, 1.82) is 0 Å². The molecule has 0 atom stereocenters. The summed E-state index contributed by atoms with van der Waals surface area (Å²) in [5.74, 6) is -0.00821. The Hall–Kier alpha value is -1.88. The minimum atomic E-state index is -0.466.